The van der Waals surface area contributed by atoms with E-state index in [1.54, 1.807) is 17.7 Å². The quantitative estimate of drug-likeness (QED) is 0.539. The van der Waals surface area contributed by atoms with Crippen molar-refractivity contribution in [3.8, 4) is 0 Å². The van der Waals surface area contributed by atoms with Gasteiger partial charge in [0.25, 0.3) is 5.56 Å². The zero-order valence-electron chi connectivity index (χ0n) is 8.81. The molecule has 0 N–H and O–H groups in total. The third-order valence-corrected chi connectivity index (χ3v) is 2.87. The second-order valence-electron chi connectivity index (χ2n) is 3.26. The van der Waals surface area contributed by atoms with E-state index in [0.29, 0.717) is 10.8 Å². The third kappa shape index (κ3) is 1.63. The summed E-state index contributed by atoms with van der Waals surface area (Å²) >= 11 is 1.47. The summed E-state index contributed by atoms with van der Waals surface area (Å²) in [5.41, 5.74) is 1.55. The second-order valence-corrected chi connectivity index (χ2v) is 4.04. The molecule has 0 aromatic carbocycles. The number of rotatable bonds is 1. The van der Waals surface area contributed by atoms with Gasteiger partial charge in [-0.3, -0.25) is 9.36 Å². The molecule has 2 rings (SSSR count). The van der Waals surface area contributed by atoms with Crippen LogP contribution in [0, 0.1) is 6.92 Å². The minimum absolute atomic E-state index is 0.0485. The van der Waals surface area contributed by atoms with Crippen LogP contribution in [0.3, 0.4) is 0 Å². The van der Waals surface area contributed by atoms with Crippen LogP contribution >= 0.6 is 11.8 Å². The minimum atomic E-state index is -0.0485. The molecule has 78 valence electrons. The monoisotopic (exact) mass is 221 g/mol. The summed E-state index contributed by atoms with van der Waals surface area (Å²) in [6.45, 7) is 1.92. The normalized spacial score (nSPS) is 10.9. The summed E-state index contributed by atoms with van der Waals surface area (Å²) in [4.78, 5) is 20.1. The first-order chi connectivity index (χ1) is 7.13. The topological polar surface area (TPSA) is 47.8 Å². The Morgan fingerprint density at radius 2 is 2.07 bits per heavy atom. The van der Waals surface area contributed by atoms with E-state index in [0.717, 1.165) is 11.1 Å². The number of hydrogen-bond donors (Lipinski definition) is 0. The maximum atomic E-state index is 11.4. The van der Waals surface area contributed by atoms with Gasteiger partial charge in [-0.15, -0.1) is 0 Å². The highest BCUT2D eigenvalue weighted by Gasteiger charge is 2.06. The predicted molar refractivity (Wildman–Crippen MR) is 61.3 cm³/mol. The van der Waals surface area contributed by atoms with Crippen molar-refractivity contribution in [1.29, 1.82) is 0 Å². The Morgan fingerprint density at radius 1 is 1.33 bits per heavy atom. The molecule has 0 bridgehead atoms. The number of pyridine rings is 1. The van der Waals surface area contributed by atoms with E-state index in [1.165, 1.54) is 17.8 Å². The molecule has 2 aromatic heterocycles. The van der Waals surface area contributed by atoms with Gasteiger partial charge in [0.05, 0.1) is 5.69 Å². The van der Waals surface area contributed by atoms with Crippen LogP contribution in [0.15, 0.2) is 22.1 Å². The van der Waals surface area contributed by atoms with Crippen LogP contribution in [0.25, 0.3) is 11.0 Å². The SMILES string of the molecule is CSc1nc(C)c2ccc(=O)n(C)c2n1. The second kappa shape index (κ2) is 3.66. The van der Waals surface area contributed by atoms with Crippen molar-refractivity contribution < 1.29 is 0 Å². The highest BCUT2D eigenvalue weighted by atomic mass is 32.2. The Bertz CT molecular complexity index is 577. The summed E-state index contributed by atoms with van der Waals surface area (Å²) in [6, 6.07) is 3.31. The number of nitrogens with zero attached hydrogens (tertiary/aromatic N) is 3. The standard InChI is InChI=1S/C10H11N3OS/c1-6-7-4-5-8(14)13(2)9(7)12-10(11-6)15-3/h4-5H,1-3H3. The molecule has 0 aliphatic rings. The summed E-state index contributed by atoms with van der Waals surface area (Å²) in [6.07, 6.45) is 1.92. The van der Waals surface area contributed by atoms with Crippen LogP contribution in [0.5, 0.6) is 0 Å². The van der Waals surface area contributed by atoms with E-state index >= 15 is 0 Å². The Hall–Kier alpha value is -1.36. The Morgan fingerprint density at radius 3 is 2.73 bits per heavy atom. The first-order valence-corrected chi connectivity index (χ1v) is 5.74. The number of hydrogen-bond acceptors (Lipinski definition) is 4. The van der Waals surface area contributed by atoms with Gasteiger partial charge in [-0.05, 0) is 19.2 Å². The van der Waals surface area contributed by atoms with Crippen LogP contribution in [0.4, 0.5) is 0 Å². The molecule has 2 aromatic rings. The van der Waals surface area contributed by atoms with Gasteiger partial charge in [-0.1, -0.05) is 11.8 Å². The number of fused-ring (bicyclic) bond motifs is 1. The van der Waals surface area contributed by atoms with Gasteiger partial charge in [0.1, 0.15) is 5.65 Å². The summed E-state index contributed by atoms with van der Waals surface area (Å²) in [7, 11) is 1.72. The van der Waals surface area contributed by atoms with E-state index < -0.39 is 0 Å². The van der Waals surface area contributed by atoms with Gasteiger partial charge in [0, 0.05) is 18.5 Å². The van der Waals surface area contributed by atoms with Crippen molar-refractivity contribution in [2.45, 2.75) is 12.1 Å². The van der Waals surface area contributed by atoms with Crippen LogP contribution in [0.1, 0.15) is 5.69 Å². The molecule has 4 nitrogen and oxygen atoms in total. The number of aromatic nitrogens is 3. The highest BCUT2D eigenvalue weighted by Crippen LogP contribution is 2.16. The molecule has 2 heterocycles. The van der Waals surface area contributed by atoms with Gasteiger partial charge < -0.3 is 0 Å². The molecule has 0 saturated carbocycles. The summed E-state index contributed by atoms with van der Waals surface area (Å²) < 4.78 is 1.55. The lowest BCUT2D eigenvalue weighted by atomic mass is 10.2. The molecule has 0 aliphatic heterocycles. The average molecular weight is 221 g/mol. The molecule has 0 aliphatic carbocycles. The molecule has 0 spiro atoms. The Balaban J connectivity index is 2.92. The lowest BCUT2D eigenvalue weighted by molar-refractivity contribution is 0.852. The minimum Gasteiger partial charge on any atom is -0.296 e. The Labute approximate surface area is 91.4 Å². The fourth-order valence-corrected chi connectivity index (χ4v) is 1.86. The maximum Gasteiger partial charge on any atom is 0.251 e. The van der Waals surface area contributed by atoms with Gasteiger partial charge in [-0.25, -0.2) is 9.97 Å². The van der Waals surface area contributed by atoms with E-state index in [-0.39, 0.29) is 5.56 Å². The van der Waals surface area contributed by atoms with Crippen molar-refractivity contribution in [2.75, 3.05) is 6.26 Å². The highest BCUT2D eigenvalue weighted by molar-refractivity contribution is 7.98. The van der Waals surface area contributed by atoms with E-state index in [2.05, 4.69) is 9.97 Å². The predicted octanol–water partition coefficient (Wildman–Crippen LogP) is 1.36. The molecule has 0 atom stereocenters. The fraction of sp³-hybridized carbons (Fsp3) is 0.300. The van der Waals surface area contributed by atoms with Crippen molar-refractivity contribution in [3.05, 3.63) is 28.2 Å². The fourth-order valence-electron chi connectivity index (χ4n) is 1.45. The molecule has 0 saturated heterocycles. The van der Waals surface area contributed by atoms with Gasteiger partial charge >= 0.3 is 0 Å². The molecular formula is C10H11N3OS. The molecule has 0 fully saturated rings. The van der Waals surface area contributed by atoms with Crippen molar-refractivity contribution in [1.82, 2.24) is 14.5 Å². The Kier molecular flexibility index (Phi) is 2.48. The molecule has 15 heavy (non-hydrogen) atoms. The largest absolute Gasteiger partial charge is 0.296 e. The van der Waals surface area contributed by atoms with Gasteiger partial charge in [-0.2, -0.15) is 0 Å². The van der Waals surface area contributed by atoms with Crippen molar-refractivity contribution in [3.63, 3.8) is 0 Å². The zero-order valence-corrected chi connectivity index (χ0v) is 9.63. The summed E-state index contributed by atoms with van der Waals surface area (Å²) in [5.74, 6) is 0. The molecule has 0 amide bonds. The van der Waals surface area contributed by atoms with Crippen LogP contribution in [-0.2, 0) is 7.05 Å². The lowest BCUT2D eigenvalue weighted by Gasteiger charge is -2.06. The van der Waals surface area contributed by atoms with Crippen LogP contribution < -0.4 is 5.56 Å². The first kappa shape index (κ1) is 10.2. The van der Waals surface area contributed by atoms with Crippen molar-refractivity contribution in [2.24, 2.45) is 7.05 Å². The van der Waals surface area contributed by atoms with Gasteiger partial charge in [0.15, 0.2) is 5.16 Å². The van der Waals surface area contributed by atoms with E-state index in [1.807, 2.05) is 13.2 Å². The maximum absolute atomic E-state index is 11.4. The smallest absolute Gasteiger partial charge is 0.251 e. The van der Waals surface area contributed by atoms with E-state index in [4.69, 9.17) is 0 Å². The van der Waals surface area contributed by atoms with Crippen molar-refractivity contribution >= 4 is 22.8 Å². The first-order valence-electron chi connectivity index (χ1n) is 4.52. The number of thioether (sulfide) groups is 1. The summed E-state index contributed by atoms with van der Waals surface area (Å²) in [5, 5.41) is 1.62. The molecule has 0 unspecified atom stereocenters. The van der Waals surface area contributed by atoms with Crippen LogP contribution in [-0.4, -0.2) is 20.8 Å². The average Bonchev–Trinajstić information content (AvgIpc) is 2.23. The molecule has 5 heteroatoms. The molecule has 0 radical (unpaired) electrons. The lowest BCUT2D eigenvalue weighted by Crippen LogP contribution is -2.16. The zero-order chi connectivity index (χ0) is 11.0. The molecular weight excluding hydrogens is 210 g/mol. The third-order valence-electron chi connectivity index (χ3n) is 2.32. The van der Waals surface area contributed by atoms with Gasteiger partial charge in [0.2, 0.25) is 0 Å². The van der Waals surface area contributed by atoms with Crippen LogP contribution in [0.2, 0.25) is 0 Å². The van der Waals surface area contributed by atoms with E-state index in [9.17, 15) is 4.79 Å². The number of aryl methyl sites for hydroxylation is 2.